The molecule has 0 spiro atoms. The summed E-state index contributed by atoms with van der Waals surface area (Å²) in [5.74, 6) is 1.86. The smallest absolute Gasteiger partial charge is 0.296 e. The standard InChI is InChI=1S/C61H63ClN12O9/c1-61(2,31-41(32-63)59(77)73-25-7-8-42(33-73)74-58-51(56(64)66-36-67-58)53(71-74)40-17-21-45(22-18-40)82-44-9-5-4-6-10-44)72(3)26-29-78-27-23-50(76)65-24-28-79-43-19-15-38(16-20-43)37-11-13-39(14-12-37)52-46(62)30-47-57(69-52)70-60(68-47)83-49-35-81-54-48(75)34-80-55(49)54/h4-6,9-22,30-31,36,42,48-49,54-55,75H,7-8,23-29,33-35H2,1-3H3,(H,65,76)(H2,64,66,67)(H,68,69,70)/b41-31+/t42?,48-,49-,54-,55-/m0/s1. The van der Waals surface area contributed by atoms with Crippen molar-refractivity contribution in [1.82, 2.24) is 49.8 Å². The topological polar surface area (TPSA) is 263 Å². The lowest BCUT2D eigenvalue weighted by atomic mass is 9.98. The number of nitriles is 1. The number of para-hydroxylation sites is 1. The van der Waals surface area contributed by atoms with Crippen molar-refractivity contribution in [2.75, 3.05) is 72.0 Å². The third kappa shape index (κ3) is 12.8. The molecule has 4 aromatic carbocycles. The van der Waals surface area contributed by atoms with E-state index >= 15 is 0 Å². The third-order valence-electron chi connectivity index (χ3n) is 15.2. The van der Waals surface area contributed by atoms with Gasteiger partial charge < -0.3 is 54.5 Å². The Hall–Kier alpha value is -8.49. The van der Waals surface area contributed by atoms with Gasteiger partial charge in [-0.15, -0.1) is 0 Å². The number of likely N-dealkylation sites (tertiary alicyclic amines) is 1. The average Bonchev–Trinajstić information content (AvgIpc) is 3.05. The van der Waals surface area contributed by atoms with Crippen LogP contribution in [0.15, 0.2) is 127 Å². The van der Waals surface area contributed by atoms with E-state index in [1.807, 2.05) is 134 Å². The number of hydrogen-bond donors (Lipinski definition) is 4. The van der Waals surface area contributed by atoms with Crippen molar-refractivity contribution >= 4 is 51.4 Å². The van der Waals surface area contributed by atoms with Gasteiger partial charge in [-0.1, -0.05) is 66.2 Å². The van der Waals surface area contributed by atoms with Crippen LogP contribution in [-0.2, 0) is 23.8 Å². The largest absolute Gasteiger partial charge is 0.492 e. The highest BCUT2D eigenvalue weighted by Gasteiger charge is 2.49. The van der Waals surface area contributed by atoms with E-state index in [-0.39, 0.29) is 68.4 Å². The summed E-state index contributed by atoms with van der Waals surface area (Å²) in [5.41, 5.74) is 12.3. The molecular weight excluding hydrogens is 1080 g/mol. The Morgan fingerprint density at radius 1 is 0.904 bits per heavy atom. The minimum atomic E-state index is -0.684. The number of nitrogens with two attached hydrogens (primary N) is 1. The lowest BCUT2D eigenvalue weighted by molar-refractivity contribution is -0.128. The van der Waals surface area contributed by atoms with Gasteiger partial charge in [0, 0.05) is 42.7 Å². The maximum atomic E-state index is 14.1. The number of piperidine rings is 1. The first-order valence-corrected chi connectivity index (χ1v) is 27.9. The second-order valence-corrected chi connectivity index (χ2v) is 21.6. The van der Waals surface area contributed by atoms with Crippen LogP contribution < -0.4 is 25.3 Å². The number of H-pyrrole nitrogens is 1. The molecule has 83 heavy (non-hydrogen) atoms. The molecule has 22 heteroatoms. The van der Waals surface area contributed by atoms with E-state index in [4.69, 9.17) is 55.8 Å². The molecule has 8 aromatic rings. The number of nitrogens with zero attached hydrogens (tertiary/aromatic N) is 9. The van der Waals surface area contributed by atoms with Gasteiger partial charge >= 0.3 is 0 Å². The van der Waals surface area contributed by atoms with Gasteiger partial charge in [-0.05, 0) is 106 Å². The molecule has 5 N–H and O–H groups in total. The fourth-order valence-corrected chi connectivity index (χ4v) is 10.7. The predicted molar refractivity (Wildman–Crippen MR) is 311 cm³/mol. The minimum absolute atomic E-state index is 0.0460. The summed E-state index contributed by atoms with van der Waals surface area (Å²) in [6.45, 7) is 6.83. The summed E-state index contributed by atoms with van der Waals surface area (Å²) in [6, 6.07) is 36.7. The molecule has 3 aliphatic heterocycles. The number of halogens is 1. The van der Waals surface area contributed by atoms with E-state index in [0.29, 0.717) is 95.1 Å². The lowest BCUT2D eigenvalue weighted by Gasteiger charge is -2.35. The summed E-state index contributed by atoms with van der Waals surface area (Å²) in [4.78, 5) is 51.7. The van der Waals surface area contributed by atoms with Crippen molar-refractivity contribution in [3.63, 3.8) is 0 Å². The number of likely N-dealkylation sites (N-methyl/N-ethyl adjacent to an activating group) is 1. The SMILES string of the molecule is CN(CCOCCC(=O)NCCOc1ccc(-c2ccc(-c3nc4nc(O[C@H]5CO[C@@H]6[C@H]5OC[C@@H]6O)[nH]c4cc3Cl)cc2)cc1)C(C)(C)/C=C(\C#N)C(=O)N1CCCC(n2nc(-c3ccc(Oc4ccccc4)cc3)c3c(N)ncnc32)C1. The summed E-state index contributed by atoms with van der Waals surface area (Å²) in [7, 11) is 1.90. The molecule has 5 atom stereocenters. The van der Waals surface area contributed by atoms with Crippen molar-refractivity contribution in [1.29, 1.82) is 5.26 Å². The van der Waals surface area contributed by atoms with Crippen LogP contribution in [0, 0.1) is 11.3 Å². The van der Waals surface area contributed by atoms with Crippen LogP contribution in [-0.4, -0.2) is 158 Å². The fraction of sp³-hybridized carbons (Fsp3) is 0.344. The Morgan fingerprint density at radius 3 is 2.37 bits per heavy atom. The molecule has 0 radical (unpaired) electrons. The first-order chi connectivity index (χ1) is 40.3. The Kier molecular flexibility index (Phi) is 16.9. The second kappa shape index (κ2) is 24.9. The van der Waals surface area contributed by atoms with Crippen molar-refractivity contribution in [3.05, 3.63) is 132 Å². The van der Waals surface area contributed by atoms with Crippen LogP contribution in [0.5, 0.6) is 23.3 Å². The molecular formula is C61H63ClN12O9. The van der Waals surface area contributed by atoms with Crippen LogP contribution in [0.3, 0.4) is 0 Å². The van der Waals surface area contributed by atoms with E-state index in [0.717, 1.165) is 34.4 Å². The molecule has 11 rings (SSSR count). The number of anilines is 1. The number of aliphatic hydroxyl groups is 1. The van der Waals surface area contributed by atoms with E-state index in [2.05, 4.69) is 31.3 Å². The predicted octanol–water partition coefficient (Wildman–Crippen LogP) is 7.96. The number of aliphatic hydroxyl groups excluding tert-OH is 1. The number of benzene rings is 4. The number of nitrogens with one attached hydrogen (secondary N) is 2. The van der Waals surface area contributed by atoms with Crippen molar-refractivity contribution < 1.29 is 43.1 Å². The fourth-order valence-electron chi connectivity index (χ4n) is 10.5. The highest BCUT2D eigenvalue weighted by molar-refractivity contribution is 6.33. The maximum Gasteiger partial charge on any atom is 0.296 e. The number of pyridine rings is 1. The lowest BCUT2D eigenvalue weighted by Crippen LogP contribution is -2.44. The maximum absolute atomic E-state index is 14.1. The first-order valence-electron chi connectivity index (χ1n) is 27.6. The number of carbonyl (C=O) groups excluding carboxylic acids is 2. The number of amides is 2. The zero-order valence-electron chi connectivity index (χ0n) is 46.1. The monoisotopic (exact) mass is 1140 g/mol. The van der Waals surface area contributed by atoms with Gasteiger partial charge in [-0.2, -0.15) is 15.3 Å². The van der Waals surface area contributed by atoms with Gasteiger partial charge in [0.2, 0.25) is 5.91 Å². The Bertz CT molecular complexity index is 3670. The molecule has 1 unspecified atom stereocenters. The molecule has 3 saturated heterocycles. The molecule has 428 valence electrons. The first kappa shape index (κ1) is 56.4. The van der Waals surface area contributed by atoms with Crippen LogP contribution in [0.1, 0.15) is 39.2 Å². The molecule has 4 aromatic heterocycles. The Balaban J connectivity index is 0.599. The van der Waals surface area contributed by atoms with Gasteiger partial charge in [-0.3, -0.25) is 14.5 Å². The molecule has 0 saturated carbocycles. The van der Waals surface area contributed by atoms with Gasteiger partial charge in [0.05, 0.1) is 60.6 Å². The highest BCUT2D eigenvalue weighted by atomic mass is 35.5. The summed E-state index contributed by atoms with van der Waals surface area (Å²) in [5, 5.41) is 29.4. The summed E-state index contributed by atoms with van der Waals surface area (Å²) < 4.78 is 37.0. The zero-order chi connectivity index (χ0) is 57.6. The molecule has 0 bridgehead atoms. The second-order valence-electron chi connectivity index (χ2n) is 21.2. The number of nitrogen functional groups attached to an aromatic ring is 1. The van der Waals surface area contributed by atoms with E-state index < -0.39 is 23.9 Å². The van der Waals surface area contributed by atoms with Crippen molar-refractivity contribution in [2.24, 2.45) is 0 Å². The van der Waals surface area contributed by atoms with Crippen LogP contribution in [0.4, 0.5) is 5.82 Å². The molecule has 2 amide bonds. The number of imidazole rings is 1. The number of carbonyl (C=O) groups is 2. The number of aromatic nitrogens is 7. The molecule has 21 nitrogen and oxygen atoms in total. The Labute approximate surface area is 483 Å². The van der Waals surface area contributed by atoms with E-state index in [1.165, 1.54) is 6.33 Å². The van der Waals surface area contributed by atoms with E-state index in [9.17, 15) is 20.0 Å². The van der Waals surface area contributed by atoms with Gasteiger partial charge in [-0.25, -0.2) is 19.6 Å². The highest BCUT2D eigenvalue weighted by Crippen LogP contribution is 2.37. The van der Waals surface area contributed by atoms with Gasteiger partial charge in [0.15, 0.2) is 17.4 Å². The number of fused-ring (bicyclic) bond motifs is 3. The van der Waals surface area contributed by atoms with Crippen LogP contribution >= 0.6 is 11.6 Å². The average molecular weight is 1140 g/mol. The normalized spacial score (nSPS) is 19.0. The molecule has 3 fully saturated rings. The van der Waals surface area contributed by atoms with Crippen LogP contribution in [0.25, 0.3) is 55.8 Å². The zero-order valence-corrected chi connectivity index (χ0v) is 46.9. The van der Waals surface area contributed by atoms with Crippen LogP contribution in [0.2, 0.25) is 5.02 Å². The third-order valence-corrected chi connectivity index (χ3v) is 15.5. The number of aromatic amines is 1. The van der Waals surface area contributed by atoms with E-state index in [1.54, 1.807) is 17.0 Å². The van der Waals surface area contributed by atoms with Crippen molar-refractivity contribution in [2.45, 2.75) is 69.1 Å². The number of ether oxygens (including phenoxy) is 6. The molecule has 0 aliphatic carbocycles. The van der Waals surface area contributed by atoms with Gasteiger partial charge in [0.1, 0.15) is 71.6 Å². The molecule has 7 heterocycles. The quantitative estimate of drug-likeness (QED) is 0.0302. The molecule has 3 aliphatic rings. The van der Waals surface area contributed by atoms with Crippen molar-refractivity contribution in [3.8, 4) is 63.0 Å². The summed E-state index contributed by atoms with van der Waals surface area (Å²) in [6.07, 6.45) is 2.87. The summed E-state index contributed by atoms with van der Waals surface area (Å²) >= 11 is 6.70. The number of hydrogen-bond acceptors (Lipinski definition) is 17. The number of rotatable bonds is 21. The van der Waals surface area contributed by atoms with Gasteiger partial charge in [0.25, 0.3) is 11.9 Å². The Morgan fingerprint density at radius 2 is 1.60 bits per heavy atom. The minimum Gasteiger partial charge on any atom is -0.492 e.